The Morgan fingerprint density at radius 2 is 0.800 bits per heavy atom. The quantitative estimate of drug-likeness (QED) is 0.208. The van der Waals surface area contributed by atoms with Gasteiger partial charge in [-0.05, 0) is 40.5 Å². The topological polar surface area (TPSA) is 155 Å². The van der Waals surface area contributed by atoms with Gasteiger partial charge in [-0.2, -0.15) is 0 Å². The Balaban J connectivity index is -0.000000128. The average molecular weight is 582 g/mol. The second-order valence-corrected chi connectivity index (χ2v) is 8.69. The summed E-state index contributed by atoms with van der Waals surface area (Å²) in [6, 6.07) is 0. The van der Waals surface area contributed by atoms with E-state index in [-0.39, 0.29) is 50.0 Å². The monoisotopic (exact) mass is 580 g/mol. The van der Waals surface area contributed by atoms with Crippen LogP contribution in [0.2, 0.25) is 0 Å². The van der Waals surface area contributed by atoms with Gasteiger partial charge in [-0.25, -0.2) is 0 Å². The molecule has 35 heavy (non-hydrogen) atoms. The minimum atomic E-state index is -1.27. The summed E-state index contributed by atoms with van der Waals surface area (Å²) in [6.45, 7) is 11.1. The molecule has 0 aliphatic carbocycles. The molecule has 8 nitrogen and oxygen atoms in total. The van der Waals surface area contributed by atoms with Gasteiger partial charge in [0.15, 0.2) is 0 Å². The molecule has 0 heterocycles. The molecule has 2 N–H and O–H groups in total. The molecule has 0 amide bonds. The first-order valence-corrected chi connectivity index (χ1v) is 12.6. The van der Waals surface area contributed by atoms with Gasteiger partial charge in [0.05, 0.1) is 0 Å². The molecule has 0 aliphatic rings. The van der Waals surface area contributed by atoms with Crippen molar-refractivity contribution in [2.45, 2.75) is 144 Å². The van der Waals surface area contributed by atoms with Crippen LogP contribution in [-0.2, 0) is 45.4 Å². The summed E-state index contributed by atoms with van der Waals surface area (Å²) in [5.41, 5.74) is 0. The number of ketones is 2. The van der Waals surface area contributed by atoms with Gasteiger partial charge in [0.1, 0.15) is 11.6 Å². The fraction of sp³-hybridized carbons (Fsp3) is 0.846. The molecule has 0 atom stereocenters. The fourth-order valence-corrected chi connectivity index (χ4v) is 2.35. The maximum atomic E-state index is 10.9. The molecule has 0 aromatic carbocycles. The van der Waals surface area contributed by atoms with Crippen molar-refractivity contribution in [2.75, 3.05) is 0 Å². The van der Waals surface area contributed by atoms with Gasteiger partial charge in [-0.3, -0.25) is 9.59 Å². The van der Waals surface area contributed by atoms with Crippen molar-refractivity contribution >= 4 is 23.5 Å². The van der Waals surface area contributed by atoms with Gasteiger partial charge >= 0.3 is 26.2 Å². The number of hydrogen-bond donors (Lipinski definition) is 2. The van der Waals surface area contributed by atoms with Gasteiger partial charge in [-0.15, -0.1) is 0 Å². The largest absolute Gasteiger partial charge is 2.00 e. The van der Waals surface area contributed by atoms with E-state index in [2.05, 4.69) is 13.8 Å². The summed E-state index contributed by atoms with van der Waals surface area (Å²) in [4.78, 5) is 41.8. The molecule has 0 saturated heterocycles. The molecule has 0 spiro atoms. The van der Waals surface area contributed by atoms with Crippen LogP contribution in [-0.4, -0.2) is 45.9 Å². The smallest absolute Gasteiger partial charge is 0.550 e. The number of carboxylic acids is 2. The number of aliphatic carboxylic acids is 2. The predicted molar refractivity (Wildman–Crippen MR) is 131 cm³/mol. The maximum absolute atomic E-state index is 10.9. The Morgan fingerprint density at radius 3 is 1.00 bits per heavy atom. The normalized spacial score (nSPS) is 9.43. The second kappa shape index (κ2) is 35.2. The van der Waals surface area contributed by atoms with Crippen LogP contribution >= 0.6 is 0 Å². The van der Waals surface area contributed by atoms with Crippen LogP contribution in [0, 0.1) is 0 Å². The molecule has 0 fully saturated rings. The second-order valence-electron chi connectivity index (χ2n) is 8.69. The number of unbranched alkanes of at least 4 members (excludes halogenated alkanes) is 8. The summed E-state index contributed by atoms with van der Waals surface area (Å²) in [5, 5.41) is 36.1. The third kappa shape index (κ3) is 71.9. The summed E-state index contributed by atoms with van der Waals surface area (Å²) >= 11 is 0. The van der Waals surface area contributed by atoms with Crippen molar-refractivity contribution in [2.24, 2.45) is 0 Å². The number of hydrogen-bond acceptors (Lipinski definition) is 8. The van der Waals surface area contributed by atoms with E-state index < -0.39 is 24.8 Å². The molecule has 0 aromatic heterocycles. The van der Waals surface area contributed by atoms with Crippen molar-refractivity contribution in [1.82, 2.24) is 0 Å². The van der Waals surface area contributed by atoms with E-state index in [1.54, 1.807) is 27.7 Å². The molecule has 0 saturated carbocycles. The number of rotatable bonds is 16. The first-order valence-electron chi connectivity index (χ1n) is 12.6. The Hall–Kier alpha value is -0.917. The molecular weight excluding hydrogens is 532 g/mol. The van der Waals surface area contributed by atoms with E-state index in [1.165, 1.54) is 25.7 Å². The van der Waals surface area contributed by atoms with Crippen LogP contribution in [0.15, 0.2) is 0 Å². The minimum absolute atomic E-state index is 0. The number of carboxylic acid groups (broad SMARTS) is 2. The number of aliphatic hydroxyl groups excluding tert-OH is 2. The molecular formula is C26H50O8Zr. The van der Waals surface area contributed by atoms with Gasteiger partial charge in [-0.1, -0.05) is 65.2 Å². The van der Waals surface area contributed by atoms with Gasteiger partial charge in [0, 0.05) is 49.8 Å². The standard InChI is InChI=1S/2C10H18O3.2C3H8O.Zr/c2*1-2-3-4-5-6-7-9(11)8-10(12)13;2*1-3(2)4;/h2*2-8H2,1H3,(H,12,13);2*3-4H,1-2H3;/q;;;;+2/p-2. The maximum Gasteiger partial charge on any atom is 2.00 e. The van der Waals surface area contributed by atoms with E-state index in [1.807, 2.05) is 0 Å². The third-order valence-corrected chi connectivity index (χ3v) is 3.80. The Labute approximate surface area is 232 Å². The molecule has 0 radical (unpaired) electrons. The minimum Gasteiger partial charge on any atom is -0.550 e. The average Bonchev–Trinajstić information content (AvgIpc) is 2.66. The fourth-order valence-electron chi connectivity index (χ4n) is 2.35. The van der Waals surface area contributed by atoms with Crippen LogP contribution in [0.1, 0.15) is 131 Å². The Kier molecular flexibility index (Phi) is 44.4. The number of carbonyl (C=O) groups is 4. The van der Waals surface area contributed by atoms with Gasteiger partial charge < -0.3 is 30.0 Å². The van der Waals surface area contributed by atoms with Crippen molar-refractivity contribution in [3.63, 3.8) is 0 Å². The van der Waals surface area contributed by atoms with Gasteiger partial charge in [0.2, 0.25) is 0 Å². The van der Waals surface area contributed by atoms with Crippen molar-refractivity contribution in [1.29, 1.82) is 0 Å². The van der Waals surface area contributed by atoms with E-state index in [4.69, 9.17) is 10.2 Å². The summed E-state index contributed by atoms with van der Waals surface area (Å²) in [5.74, 6) is -2.95. The Bertz CT molecular complexity index is 444. The molecule has 0 unspecified atom stereocenters. The van der Waals surface area contributed by atoms with Crippen LogP contribution in [0.5, 0.6) is 0 Å². The summed E-state index contributed by atoms with van der Waals surface area (Å²) in [6.07, 6.45) is 10.3. The van der Waals surface area contributed by atoms with Crippen LogP contribution in [0.3, 0.4) is 0 Å². The summed E-state index contributed by atoms with van der Waals surface area (Å²) in [7, 11) is 0. The number of Topliss-reactive ketones (excluding diaryl/α,β-unsaturated/α-hetero) is 2. The molecule has 0 aromatic rings. The zero-order valence-corrected chi connectivity index (χ0v) is 25.4. The van der Waals surface area contributed by atoms with Crippen LogP contribution in [0.4, 0.5) is 0 Å². The van der Waals surface area contributed by atoms with Crippen LogP contribution in [0.25, 0.3) is 0 Å². The predicted octanol–water partition coefficient (Wildman–Crippen LogP) is 2.88. The van der Waals surface area contributed by atoms with Crippen molar-refractivity contribution < 1.29 is 65.8 Å². The first kappa shape index (κ1) is 44.1. The zero-order chi connectivity index (χ0) is 27.4. The molecule has 0 bridgehead atoms. The van der Waals surface area contributed by atoms with Crippen LogP contribution < -0.4 is 10.2 Å². The molecule has 0 rings (SSSR count). The van der Waals surface area contributed by atoms with E-state index in [0.29, 0.717) is 12.8 Å². The van der Waals surface area contributed by atoms with E-state index in [0.717, 1.165) is 38.5 Å². The first-order chi connectivity index (χ1) is 15.8. The SMILES string of the molecule is CC(C)O.CC(C)O.CCCCCCCC(=O)CC(=O)[O-].CCCCCCCC(=O)CC(=O)[O-].[Zr+2]. The van der Waals surface area contributed by atoms with Gasteiger partial charge in [0.25, 0.3) is 0 Å². The third-order valence-electron chi connectivity index (χ3n) is 3.80. The van der Waals surface area contributed by atoms with Crippen molar-refractivity contribution in [3.05, 3.63) is 0 Å². The zero-order valence-electron chi connectivity index (χ0n) is 22.9. The Morgan fingerprint density at radius 1 is 0.571 bits per heavy atom. The van der Waals surface area contributed by atoms with E-state index in [9.17, 15) is 29.4 Å². The molecule has 206 valence electrons. The van der Waals surface area contributed by atoms with E-state index >= 15 is 0 Å². The number of aliphatic hydroxyl groups is 2. The number of carbonyl (C=O) groups excluding carboxylic acids is 4. The summed E-state index contributed by atoms with van der Waals surface area (Å²) < 4.78 is 0. The molecule has 9 heteroatoms. The van der Waals surface area contributed by atoms with Crippen molar-refractivity contribution in [3.8, 4) is 0 Å². The molecule has 0 aliphatic heterocycles.